The number of hydrogen-bond donors (Lipinski definition) is 1. The van der Waals surface area contributed by atoms with Crippen LogP contribution in [0, 0.1) is 0 Å². The van der Waals surface area contributed by atoms with Crippen LogP contribution < -0.4 is 9.94 Å². The van der Waals surface area contributed by atoms with Gasteiger partial charge in [0.05, 0.1) is 28.6 Å². The van der Waals surface area contributed by atoms with Gasteiger partial charge >= 0.3 is 5.97 Å². The molecule has 2 N–H and O–H groups in total. The fourth-order valence-corrected chi connectivity index (χ4v) is 4.41. The summed E-state index contributed by atoms with van der Waals surface area (Å²) in [4.78, 5) is 28.5. The smallest absolute Gasteiger partial charge is 0.325 e. The van der Waals surface area contributed by atoms with Crippen molar-refractivity contribution in [3.8, 4) is 0 Å². The molecule has 1 aromatic heterocycles. The van der Waals surface area contributed by atoms with Gasteiger partial charge in [0, 0.05) is 5.02 Å². The minimum atomic E-state index is -3.90. The van der Waals surface area contributed by atoms with E-state index in [1.54, 1.807) is 24.3 Å². The highest BCUT2D eigenvalue weighted by molar-refractivity contribution is 7.89. The lowest BCUT2D eigenvalue weighted by atomic mass is 10.1. The fraction of sp³-hybridized carbons (Fsp3) is 0.167. The number of carbonyl (C=O) groups excluding carboxylic acids is 2. The van der Waals surface area contributed by atoms with Gasteiger partial charge in [0.25, 0.3) is 5.91 Å². The number of methoxy groups -OCH3 is 1. The zero-order chi connectivity index (χ0) is 21.2. The van der Waals surface area contributed by atoms with Crippen LogP contribution in [0.25, 0.3) is 10.2 Å². The van der Waals surface area contributed by atoms with Crippen LogP contribution in [0.1, 0.15) is 5.56 Å². The SMILES string of the molecule is COC(=O)Cn1c(=NC(=O)Cc2ccc(Cl)cc2)sc2cc(S(N)(=O)=O)ccc21. The van der Waals surface area contributed by atoms with E-state index >= 15 is 0 Å². The van der Waals surface area contributed by atoms with Gasteiger partial charge in [-0.1, -0.05) is 35.1 Å². The summed E-state index contributed by atoms with van der Waals surface area (Å²) < 4.78 is 29.9. The first kappa shape index (κ1) is 21.2. The Kier molecular flexibility index (Phi) is 6.18. The number of thiazole rings is 1. The van der Waals surface area contributed by atoms with Gasteiger partial charge < -0.3 is 9.30 Å². The molecule has 8 nitrogen and oxygen atoms in total. The van der Waals surface area contributed by atoms with E-state index in [4.69, 9.17) is 21.5 Å². The summed E-state index contributed by atoms with van der Waals surface area (Å²) in [6, 6.07) is 11.0. The minimum absolute atomic E-state index is 0.0477. The van der Waals surface area contributed by atoms with Crippen LogP contribution in [0.4, 0.5) is 0 Å². The molecule has 0 saturated carbocycles. The molecule has 3 rings (SSSR count). The predicted molar refractivity (Wildman–Crippen MR) is 109 cm³/mol. The lowest BCUT2D eigenvalue weighted by molar-refractivity contribution is -0.141. The lowest BCUT2D eigenvalue weighted by Crippen LogP contribution is -2.22. The van der Waals surface area contributed by atoms with E-state index in [0.29, 0.717) is 15.2 Å². The van der Waals surface area contributed by atoms with Crippen LogP contribution in [0.15, 0.2) is 52.4 Å². The van der Waals surface area contributed by atoms with Crippen molar-refractivity contribution in [2.24, 2.45) is 10.1 Å². The number of ether oxygens (including phenoxy) is 1. The molecular weight excluding hydrogens is 438 g/mol. The Labute approximate surface area is 175 Å². The molecule has 11 heteroatoms. The van der Waals surface area contributed by atoms with Gasteiger partial charge in [-0.15, -0.1) is 0 Å². The number of benzene rings is 2. The number of rotatable bonds is 5. The van der Waals surface area contributed by atoms with Crippen molar-refractivity contribution >= 4 is 55.1 Å². The number of carbonyl (C=O) groups is 2. The topological polar surface area (TPSA) is 121 Å². The monoisotopic (exact) mass is 453 g/mol. The first-order valence-corrected chi connectivity index (χ1v) is 11.0. The second kappa shape index (κ2) is 8.46. The average molecular weight is 454 g/mol. The maximum absolute atomic E-state index is 12.4. The molecule has 2 aromatic carbocycles. The van der Waals surface area contributed by atoms with Gasteiger partial charge in [0.1, 0.15) is 6.54 Å². The lowest BCUT2D eigenvalue weighted by Gasteiger charge is -2.04. The molecule has 0 saturated heterocycles. The molecule has 152 valence electrons. The van der Waals surface area contributed by atoms with Crippen molar-refractivity contribution in [3.63, 3.8) is 0 Å². The minimum Gasteiger partial charge on any atom is -0.468 e. The zero-order valence-corrected chi connectivity index (χ0v) is 17.6. The first-order valence-electron chi connectivity index (χ1n) is 8.22. The number of amides is 1. The molecule has 3 aromatic rings. The maximum Gasteiger partial charge on any atom is 0.325 e. The molecule has 29 heavy (non-hydrogen) atoms. The number of primary sulfonamides is 1. The van der Waals surface area contributed by atoms with Gasteiger partial charge in [-0.25, -0.2) is 13.6 Å². The van der Waals surface area contributed by atoms with Crippen LogP contribution in [0.2, 0.25) is 5.02 Å². The third-order valence-electron chi connectivity index (χ3n) is 3.99. The number of esters is 1. The third-order valence-corrected chi connectivity index (χ3v) is 6.19. The van der Waals surface area contributed by atoms with Crippen LogP contribution >= 0.6 is 22.9 Å². The first-order chi connectivity index (χ1) is 13.7. The highest BCUT2D eigenvalue weighted by Crippen LogP contribution is 2.21. The van der Waals surface area contributed by atoms with Gasteiger partial charge in [0.2, 0.25) is 10.0 Å². The standard InChI is InChI=1S/C18H16ClN3O5S2/c1-27-17(24)10-22-14-7-6-13(29(20,25)26)9-15(14)28-18(22)21-16(23)8-11-2-4-12(19)5-3-11/h2-7,9H,8,10H2,1H3,(H2,20,25,26). The van der Waals surface area contributed by atoms with E-state index in [2.05, 4.69) is 4.99 Å². The second-order valence-electron chi connectivity index (χ2n) is 6.03. The third kappa shape index (κ3) is 5.10. The van der Waals surface area contributed by atoms with Crippen LogP contribution in [0.3, 0.4) is 0 Å². The van der Waals surface area contributed by atoms with Gasteiger partial charge in [-0.05, 0) is 35.9 Å². The number of nitrogens with two attached hydrogens (primary N) is 1. The summed E-state index contributed by atoms with van der Waals surface area (Å²) in [6.45, 7) is -0.182. The Hall–Kier alpha value is -2.53. The number of hydrogen-bond acceptors (Lipinski definition) is 6. The quantitative estimate of drug-likeness (QED) is 0.591. The molecule has 1 amide bonds. The van der Waals surface area contributed by atoms with Crippen LogP contribution in [-0.2, 0) is 37.3 Å². The van der Waals surface area contributed by atoms with Crippen molar-refractivity contribution in [1.82, 2.24) is 4.57 Å². The van der Waals surface area contributed by atoms with Crippen LogP contribution in [0.5, 0.6) is 0 Å². The fourth-order valence-electron chi connectivity index (χ4n) is 2.59. The predicted octanol–water partition coefficient (Wildman–Crippen LogP) is 1.85. The molecule has 0 aliphatic heterocycles. The molecule has 0 bridgehead atoms. The summed E-state index contributed by atoms with van der Waals surface area (Å²) in [6.07, 6.45) is 0.0477. The maximum atomic E-state index is 12.4. The number of halogens is 1. The summed E-state index contributed by atoms with van der Waals surface area (Å²) in [5, 5.41) is 5.74. The van der Waals surface area contributed by atoms with Crippen molar-refractivity contribution in [2.75, 3.05) is 7.11 Å². The van der Waals surface area contributed by atoms with E-state index < -0.39 is 21.9 Å². The van der Waals surface area contributed by atoms with E-state index in [1.165, 1.54) is 29.9 Å². The molecule has 0 radical (unpaired) electrons. The number of sulfonamides is 1. The summed E-state index contributed by atoms with van der Waals surface area (Å²) >= 11 is 6.92. The largest absolute Gasteiger partial charge is 0.468 e. The molecule has 0 aliphatic rings. The zero-order valence-electron chi connectivity index (χ0n) is 15.2. The van der Waals surface area contributed by atoms with Crippen molar-refractivity contribution in [3.05, 3.63) is 57.9 Å². The van der Waals surface area contributed by atoms with E-state index in [0.717, 1.165) is 16.9 Å². The number of nitrogens with zero attached hydrogens (tertiary/aromatic N) is 2. The van der Waals surface area contributed by atoms with Gasteiger partial charge in [0.15, 0.2) is 4.80 Å². The Bertz CT molecular complexity index is 1260. The Balaban J connectivity index is 2.07. The van der Waals surface area contributed by atoms with Crippen molar-refractivity contribution in [1.29, 1.82) is 0 Å². The summed E-state index contributed by atoms with van der Waals surface area (Å²) in [5.41, 5.74) is 1.27. The van der Waals surface area contributed by atoms with E-state index in [-0.39, 0.29) is 22.7 Å². The molecule has 0 spiro atoms. The highest BCUT2D eigenvalue weighted by Gasteiger charge is 2.15. The second-order valence-corrected chi connectivity index (χ2v) is 9.04. The normalized spacial score (nSPS) is 12.3. The highest BCUT2D eigenvalue weighted by atomic mass is 35.5. The molecule has 0 unspecified atom stereocenters. The van der Waals surface area contributed by atoms with E-state index in [1.807, 2.05) is 0 Å². The molecule has 0 aliphatic carbocycles. The average Bonchev–Trinajstić information content (AvgIpc) is 2.99. The summed E-state index contributed by atoms with van der Waals surface area (Å²) in [7, 11) is -2.65. The number of fused-ring (bicyclic) bond motifs is 1. The van der Waals surface area contributed by atoms with E-state index in [9.17, 15) is 18.0 Å². The van der Waals surface area contributed by atoms with Crippen LogP contribution in [-0.4, -0.2) is 32.0 Å². The molecule has 1 heterocycles. The Morgan fingerprint density at radius 2 is 1.90 bits per heavy atom. The number of aromatic nitrogens is 1. The van der Waals surface area contributed by atoms with Gasteiger partial charge in [-0.3, -0.25) is 9.59 Å². The van der Waals surface area contributed by atoms with Crippen molar-refractivity contribution < 1.29 is 22.7 Å². The molecular formula is C18H16ClN3O5S2. The Morgan fingerprint density at radius 1 is 1.21 bits per heavy atom. The summed E-state index contributed by atoms with van der Waals surface area (Å²) in [5.74, 6) is -0.962. The van der Waals surface area contributed by atoms with Crippen molar-refractivity contribution in [2.45, 2.75) is 17.9 Å². The Morgan fingerprint density at radius 3 is 2.52 bits per heavy atom. The molecule has 0 fully saturated rings. The van der Waals surface area contributed by atoms with Gasteiger partial charge in [-0.2, -0.15) is 4.99 Å². The molecule has 0 atom stereocenters.